The van der Waals surface area contributed by atoms with Crippen LogP contribution in [0.15, 0.2) is 28.7 Å². The lowest BCUT2D eigenvalue weighted by molar-refractivity contribution is 0.184. The molecule has 2 rings (SSSR count). The Morgan fingerprint density at radius 1 is 1.38 bits per heavy atom. The predicted octanol–water partition coefficient (Wildman–Crippen LogP) is 4.42. The lowest BCUT2D eigenvalue weighted by Gasteiger charge is -2.43. The van der Waals surface area contributed by atoms with Crippen molar-refractivity contribution in [3.63, 3.8) is 0 Å². The predicted molar refractivity (Wildman–Crippen MR) is 69.1 cm³/mol. The third-order valence-electron chi connectivity index (χ3n) is 3.58. The quantitative estimate of drug-likeness (QED) is 0.802. The molecule has 1 saturated carbocycles. The van der Waals surface area contributed by atoms with Gasteiger partial charge in [-0.1, -0.05) is 47.8 Å². The Morgan fingerprint density at radius 2 is 2.00 bits per heavy atom. The smallest absolute Gasteiger partial charge is 0.0827 e. The second-order valence-electron chi connectivity index (χ2n) is 4.76. The van der Waals surface area contributed by atoms with Crippen LogP contribution in [0.4, 0.5) is 0 Å². The average Bonchev–Trinajstić information content (AvgIpc) is 2.24. The van der Waals surface area contributed by atoms with Gasteiger partial charge in [0.25, 0.3) is 0 Å². The van der Waals surface area contributed by atoms with Crippen molar-refractivity contribution in [3.8, 4) is 6.07 Å². The summed E-state index contributed by atoms with van der Waals surface area (Å²) in [6.45, 7) is 2.21. The minimum Gasteiger partial charge on any atom is -0.197 e. The molecule has 1 aromatic carbocycles. The number of benzene rings is 1. The highest BCUT2D eigenvalue weighted by molar-refractivity contribution is 9.10. The van der Waals surface area contributed by atoms with Crippen LogP contribution in [0.1, 0.15) is 38.2 Å². The third kappa shape index (κ3) is 2.01. The van der Waals surface area contributed by atoms with Crippen LogP contribution >= 0.6 is 15.9 Å². The van der Waals surface area contributed by atoms with E-state index in [1.54, 1.807) is 0 Å². The van der Waals surface area contributed by atoms with Gasteiger partial charge < -0.3 is 0 Å². The van der Waals surface area contributed by atoms with Crippen molar-refractivity contribution in [3.05, 3.63) is 34.3 Å². The maximum absolute atomic E-state index is 9.38. The van der Waals surface area contributed by atoms with Crippen LogP contribution in [0.25, 0.3) is 0 Å². The summed E-state index contributed by atoms with van der Waals surface area (Å²) in [4.78, 5) is 0. The molecule has 1 fully saturated rings. The van der Waals surface area contributed by atoms with E-state index in [0.717, 1.165) is 23.2 Å². The third-order valence-corrected chi connectivity index (χ3v) is 4.11. The van der Waals surface area contributed by atoms with Gasteiger partial charge in [0.05, 0.1) is 11.5 Å². The number of nitriles is 1. The standard InChI is InChI=1S/C14H16BrN/c1-2-3-11-8-14(9-11,10-16)12-4-6-13(15)7-5-12/h4-7,11H,2-3,8-9H2,1H3. The summed E-state index contributed by atoms with van der Waals surface area (Å²) < 4.78 is 1.08. The van der Waals surface area contributed by atoms with E-state index in [0.29, 0.717) is 0 Å². The highest BCUT2D eigenvalue weighted by Crippen LogP contribution is 2.49. The average molecular weight is 278 g/mol. The number of halogens is 1. The monoisotopic (exact) mass is 277 g/mol. The summed E-state index contributed by atoms with van der Waals surface area (Å²) in [5, 5.41) is 9.38. The fourth-order valence-electron chi connectivity index (χ4n) is 2.70. The molecule has 0 N–H and O–H groups in total. The van der Waals surface area contributed by atoms with Crippen molar-refractivity contribution in [1.29, 1.82) is 5.26 Å². The maximum atomic E-state index is 9.38. The van der Waals surface area contributed by atoms with E-state index >= 15 is 0 Å². The van der Waals surface area contributed by atoms with E-state index in [1.807, 2.05) is 12.1 Å². The van der Waals surface area contributed by atoms with Gasteiger partial charge in [-0.3, -0.25) is 0 Å². The molecule has 0 aliphatic heterocycles. The molecular formula is C14H16BrN. The summed E-state index contributed by atoms with van der Waals surface area (Å²) in [5.41, 5.74) is 0.992. The molecule has 0 spiro atoms. The van der Waals surface area contributed by atoms with Crippen LogP contribution in [-0.4, -0.2) is 0 Å². The van der Waals surface area contributed by atoms with Crippen molar-refractivity contribution < 1.29 is 0 Å². The molecule has 0 unspecified atom stereocenters. The van der Waals surface area contributed by atoms with Crippen LogP contribution < -0.4 is 0 Å². The van der Waals surface area contributed by atoms with E-state index in [9.17, 15) is 5.26 Å². The summed E-state index contributed by atoms with van der Waals surface area (Å²) in [6, 6.07) is 10.7. The molecule has 16 heavy (non-hydrogen) atoms. The Hall–Kier alpha value is -0.810. The molecule has 0 bridgehead atoms. The summed E-state index contributed by atoms with van der Waals surface area (Å²) >= 11 is 3.43. The Kier molecular flexibility index (Phi) is 3.35. The fraction of sp³-hybridized carbons (Fsp3) is 0.500. The Bertz CT molecular complexity index is 396. The number of hydrogen-bond donors (Lipinski definition) is 0. The van der Waals surface area contributed by atoms with Crippen LogP contribution in [0, 0.1) is 17.2 Å². The SMILES string of the molecule is CCCC1CC(C#N)(c2ccc(Br)cc2)C1. The van der Waals surface area contributed by atoms with Gasteiger partial charge in [-0.25, -0.2) is 0 Å². The molecule has 1 aromatic rings. The summed E-state index contributed by atoms with van der Waals surface area (Å²) in [7, 11) is 0. The molecule has 0 amide bonds. The van der Waals surface area contributed by atoms with Gasteiger partial charge in [0, 0.05) is 4.47 Å². The topological polar surface area (TPSA) is 23.8 Å². The summed E-state index contributed by atoms with van der Waals surface area (Å²) in [6.07, 6.45) is 4.57. The molecule has 0 heterocycles. The first-order valence-corrected chi connectivity index (χ1v) is 6.67. The second-order valence-corrected chi connectivity index (χ2v) is 5.68. The second kappa shape index (κ2) is 4.59. The van der Waals surface area contributed by atoms with Crippen molar-refractivity contribution in [2.45, 2.75) is 38.0 Å². The molecule has 0 aromatic heterocycles. The van der Waals surface area contributed by atoms with Crippen molar-refractivity contribution in [1.82, 2.24) is 0 Å². The number of rotatable bonds is 3. The Labute approximate surface area is 106 Å². The van der Waals surface area contributed by atoms with Crippen LogP contribution in [-0.2, 0) is 5.41 Å². The first-order valence-electron chi connectivity index (χ1n) is 5.87. The highest BCUT2D eigenvalue weighted by Gasteiger charge is 2.45. The zero-order chi connectivity index (χ0) is 11.6. The van der Waals surface area contributed by atoms with Crippen LogP contribution in [0.5, 0.6) is 0 Å². The van der Waals surface area contributed by atoms with Crippen molar-refractivity contribution in [2.75, 3.05) is 0 Å². The molecule has 0 atom stereocenters. The van der Waals surface area contributed by atoms with Crippen molar-refractivity contribution >= 4 is 15.9 Å². The van der Waals surface area contributed by atoms with Gasteiger partial charge in [-0.2, -0.15) is 5.26 Å². The summed E-state index contributed by atoms with van der Waals surface area (Å²) in [5.74, 6) is 0.758. The minimum absolute atomic E-state index is 0.194. The Balaban J connectivity index is 2.14. The largest absolute Gasteiger partial charge is 0.197 e. The zero-order valence-electron chi connectivity index (χ0n) is 9.54. The minimum atomic E-state index is -0.194. The molecule has 0 radical (unpaired) electrons. The normalized spacial score (nSPS) is 28.2. The molecule has 1 aliphatic carbocycles. The van der Waals surface area contributed by atoms with Crippen molar-refractivity contribution in [2.24, 2.45) is 5.92 Å². The van der Waals surface area contributed by atoms with E-state index < -0.39 is 0 Å². The molecule has 1 nitrogen and oxygen atoms in total. The van der Waals surface area contributed by atoms with Gasteiger partial charge in [0.2, 0.25) is 0 Å². The van der Waals surface area contributed by atoms with E-state index in [1.165, 1.54) is 18.4 Å². The van der Waals surface area contributed by atoms with Crippen LogP contribution in [0.3, 0.4) is 0 Å². The van der Waals surface area contributed by atoms with Gasteiger partial charge in [-0.05, 0) is 36.5 Å². The first-order chi connectivity index (χ1) is 7.70. The highest BCUT2D eigenvalue weighted by atomic mass is 79.9. The molecule has 0 saturated heterocycles. The van der Waals surface area contributed by atoms with Gasteiger partial charge in [0.1, 0.15) is 0 Å². The molecular weight excluding hydrogens is 262 g/mol. The van der Waals surface area contributed by atoms with E-state index in [4.69, 9.17) is 0 Å². The van der Waals surface area contributed by atoms with E-state index in [2.05, 4.69) is 41.1 Å². The molecule has 84 valence electrons. The lowest BCUT2D eigenvalue weighted by Crippen LogP contribution is -2.39. The Morgan fingerprint density at radius 3 is 2.50 bits per heavy atom. The number of nitrogens with zero attached hydrogens (tertiary/aromatic N) is 1. The lowest BCUT2D eigenvalue weighted by atomic mass is 9.58. The van der Waals surface area contributed by atoms with Gasteiger partial charge in [0.15, 0.2) is 0 Å². The van der Waals surface area contributed by atoms with Gasteiger partial charge >= 0.3 is 0 Å². The zero-order valence-corrected chi connectivity index (χ0v) is 11.1. The fourth-order valence-corrected chi connectivity index (χ4v) is 2.96. The molecule has 2 heteroatoms. The number of hydrogen-bond acceptors (Lipinski definition) is 1. The molecule has 1 aliphatic rings. The van der Waals surface area contributed by atoms with Crippen LogP contribution in [0.2, 0.25) is 0 Å². The first kappa shape index (κ1) is 11.7. The maximum Gasteiger partial charge on any atom is 0.0827 e. The van der Waals surface area contributed by atoms with Gasteiger partial charge in [-0.15, -0.1) is 0 Å². The van der Waals surface area contributed by atoms with E-state index in [-0.39, 0.29) is 5.41 Å².